The zero-order chi connectivity index (χ0) is 24.1. The van der Waals surface area contributed by atoms with Crippen molar-refractivity contribution in [1.82, 2.24) is 20.4 Å². The van der Waals surface area contributed by atoms with E-state index in [4.69, 9.17) is 4.74 Å². The van der Waals surface area contributed by atoms with Gasteiger partial charge < -0.3 is 10.1 Å². The molecule has 3 amide bonds. The minimum Gasteiger partial charge on any atom is -0.449 e. The maximum atomic E-state index is 12.2. The number of amides is 3. The Morgan fingerprint density at radius 2 is 1.75 bits per heavy atom. The van der Waals surface area contributed by atoms with Crippen LogP contribution >= 0.6 is 0 Å². The van der Waals surface area contributed by atoms with Crippen LogP contribution in [0.3, 0.4) is 0 Å². The van der Waals surface area contributed by atoms with Gasteiger partial charge in [0, 0.05) is 22.9 Å². The molecule has 0 fully saturated rings. The van der Waals surface area contributed by atoms with Gasteiger partial charge in [0.1, 0.15) is 0 Å². The molecule has 2 aromatic rings. The number of carbonyl (C=O) groups is 3. The number of esters is 1. The minimum absolute atomic E-state index is 0.493. The molecule has 1 aromatic heterocycles. The lowest BCUT2D eigenvalue weighted by molar-refractivity contribution is -0.149. The largest absolute Gasteiger partial charge is 0.449 e. The molecule has 0 radical (unpaired) electrons. The highest BCUT2D eigenvalue weighted by Gasteiger charge is 2.21. The quantitative estimate of drug-likeness (QED) is 0.529. The Hall–Kier alpha value is -3.42. The number of hydrogen-bond acceptors (Lipinski definition) is 5. The van der Waals surface area contributed by atoms with Gasteiger partial charge in [-0.2, -0.15) is 5.10 Å². The molecule has 0 saturated carbocycles. The summed E-state index contributed by atoms with van der Waals surface area (Å²) in [5.74, 6) is -1.39. The maximum absolute atomic E-state index is 12.2. The zero-order valence-electron chi connectivity index (χ0n) is 19.8. The molecule has 2 N–H and O–H groups in total. The Morgan fingerprint density at radius 3 is 2.34 bits per heavy atom. The summed E-state index contributed by atoms with van der Waals surface area (Å²) >= 11 is 0. The van der Waals surface area contributed by atoms with Gasteiger partial charge in [-0.3, -0.25) is 14.8 Å². The van der Waals surface area contributed by atoms with Gasteiger partial charge in [-0.25, -0.2) is 9.59 Å². The van der Waals surface area contributed by atoms with E-state index >= 15 is 0 Å². The molecule has 1 unspecified atom stereocenters. The van der Waals surface area contributed by atoms with Gasteiger partial charge in [-0.05, 0) is 60.1 Å². The molecule has 1 heterocycles. The van der Waals surface area contributed by atoms with E-state index in [-0.39, 0.29) is 0 Å². The predicted octanol–water partition coefficient (Wildman–Crippen LogP) is 3.43. The standard InChI is InChI=1S/C24H32N4O4/c1-15-8-10-19(11-9-15)14-28-17(3)20(16(2)27-28)12-13-21(29)32-18(4)22(30)25-23(31)26-24(5,6)7/h8-13,18H,14H2,1-7H3,(H2,25,26,30,31)/b13-12+. The Kier molecular flexibility index (Phi) is 7.97. The van der Waals surface area contributed by atoms with Crippen molar-refractivity contribution >= 4 is 24.0 Å². The van der Waals surface area contributed by atoms with Crippen LogP contribution in [0.5, 0.6) is 0 Å². The van der Waals surface area contributed by atoms with E-state index in [9.17, 15) is 14.4 Å². The average Bonchev–Trinajstić information content (AvgIpc) is 2.93. The smallest absolute Gasteiger partial charge is 0.331 e. The number of rotatable bonds is 6. The first kappa shape index (κ1) is 24.8. The fourth-order valence-corrected chi connectivity index (χ4v) is 2.98. The molecule has 0 spiro atoms. The molecule has 1 aromatic carbocycles. The molecule has 32 heavy (non-hydrogen) atoms. The highest BCUT2D eigenvalue weighted by atomic mass is 16.5. The number of ether oxygens (including phenoxy) is 1. The highest BCUT2D eigenvalue weighted by Crippen LogP contribution is 2.17. The molecule has 0 aliphatic rings. The first-order chi connectivity index (χ1) is 14.9. The summed E-state index contributed by atoms with van der Waals surface area (Å²) in [6.45, 7) is 13.2. The molecule has 8 heteroatoms. The number of nitrogens with one attached hydrogen (secondary N) is 2. The Labute approximate surface area is 189 Å². The number of benzene rings is 1. The second-order valence-corrected chi connectivity index (χ2v) is 8.83. The average molecular weight is 441 g/mol. The van der Waals surface area contributed by atoms with Crippen molar-refractivity contribution in [2.75, 3.05) is 0 Å². The van der Waals surface area contributed by atoms with Crippen molar-refractivity contribution in [3.8, 4) is 0 Å². The van der Waals surface area contributed by atoms with Gasteiger partial charge in [0.05, 0.1) is 12.2 Å². The van der Waals surface area contributed by atoms with Crippen molar-refractivity contribution in [3.05, 3.63) is 58.4 Å². The molecule has 2 rings (SSSR count). The van der Waals surface area contributed by atoms with E-state index in [0.29, 0.717) is 6.54 Å². The van der Waals surface area contributed by atoms with E-state index in [1.807, 2.05) is 25.5 Å². The second-order valence-electron chi connectivity index (χ2n) is 8.83. The molecule has 8 nitrogen and oxygen atoms in total. The van der Waals surface area contributed by atoms with Crippen molar-refractivity contribution < 1.29 is 19.1 Å². The van der Waals surface area contributed by atoms with Gasteiger partial charge in [0.25, 0.3) is 5.91 Å². The Balaban J connectivity index is 1.98. The minimum atomic E-state index is -1.12. The van der Waals surface area contributed by atoms with E-state index in [1.54, 1.807) is 26.8 Å². The Morgan fingerprint density at radius 1 is 1.12 bits per heavy atom. The number of aromatic nitrogens is 2. The van der Waals surface area contributed by atoms with Crippen LogP contribution < -0.4 is 10.6 Å². The van der Waals surface area contributed by atoms with Crippen LogP contribution in [0.4, 0.5) is 4.79 Å². The van der Waals surface area contributed by atoms with Crippen LogP contribution in [0.2, 0.25) is 0 Å². The number of urea groups is 1. The summed E-state index contributed by atoms with van der Waals surface area (Å²) in [5, 5.41) is 9.33. The molecule has 1 atom stereocenters. The van der Waals surface area contributed by atoms with E-state index in [1.165, 1.54) is 18.6 Å². The predicted molar refractivity (Wildman–Crippen MR) is 123 cm³/mol. The van der Waals surface area contributed by atoms with Crippen LogP contribution in [0.15, 0.2) is 30.3 Å². The number of nitrogens with zero attached hydrogens (tertiary/aromatic N) is 2. The van der Waals surface area contributed by atoms with Crippen LogP contribution in [0.1, 0.15) is 55.8 Å². The van der Waals surface area contributed by atoms with Crippen molar-refractivity contribution in [3.63, 3.8) is 0 Å². The summed E-state index contributed by atoms with van der Waals surface area (Å²) in [4.78, 5) is 36.0. The normalized spacial score (nSPS) is 12.5. The lowest BCUT2D eigenvalue weighted by Crippen LogP contribution is -2.50. The van der Waals surface area contributed by atoms with E-state index < -0.39 is 29.6 Å². The van der Waals surface area contributed by atoms with Gasteiger partial charge in [-0.15, -0.1) is 0 Å². The van der Waals surface area contributed by atoms with Crippen LogP contribution in [0.25, 0.3) is 6.08 Å². The summed E-state index contributed by atoms with van der Waals surface area (Å²) in [6, 6.07) is 7.59. The van der Waals surface area contributed by atoms with Gasteiger partial charge in [-0.1, -0.05) is 29.8 Å². The fourth-order valence-electron chi connectivity index (χ4n) is 2.98. The summed E-state index contributed by atoms with van der Waals surface area (Å²) in [5.41, 5.74) is 4.34. The Bertz CT molecular complexity index is 1010. The van der Waals surface area contributed by atoms with Gasteiger partial charge in [0.15, 0.2) is 6.10 Å². The van der Waals surface area contributed by atoms with E-state index in [0.717, 1.165) is 22.5 Å². The number of aryl methyl sites for hydroxylation is 2. The van der Waals surface area contributed by atoms with Crippen LogP contribution in [-0.4, -0.2) is 39.3 Å². The highest BCUT2D eigenvalue weighted by molar-refractivity contribution is 5.98. The first-order valence-corrected chi connectivity index (χ1v) is 10.5. The number of hydrogen-bond donors (Lipinski definition) is 2. The molecular formula is C24H32N4O4. The number of carbonyl (C=O) groups excluding carboxylic acids is 3. The molecule has 0 aliphatic carbocycles. The molecular weight excluding hydrogens is 408 g/mol. The van der Waals surface area contributed by atoms with Gasteiger partial charge >= 0.3 is 12.0 Å². The van der Waals surface area contributed by atoms with Gasteiger partial charge in [0.2, 0.25) is 0 Å². The summed E-state index contributed by atoms with van der Waals surface area (Å²) in [7, 11) is 0. The second kappa shape index (κ2) is 10.3. The van der Waals surface area contributed by atoms with Crippen molar-refractivity contribution in [2.45, 2.75) is 66.7 Å². The SMILES string of the molecule is Cc1ccc(Cn2nc(C)c(/C=C/C(=O)OC(C)C(=O)NC(=O)NC(C)(C)C)c2C)cc1. The molecule has 0 bridgehead atoms. The van der Waals surface area contributed by atoms with Crippen LogP contribution in [-0.2, 0) is 20.9 Å². The number of imide groups is 1. The lowest BCUT2D eigenvalue weighted by Gasteiger charge is -2.21. The summed E-state index contributed by atoms with van der Waals surface area (Å²) < 4.78 is 7.00. The lowest BCUT2D eigenvalue weighted by atomic mass is 10.1. The third kappa shape index (κ3) is 7.37. The van der Waals surface area contributed by atoms with Crippen molar-refractivity contribution in [2.24, 2.45) is 0 Å². The molecule has 0 saturated heterocycles. The topological polar surface area (TPSA) is 102 Å². The molecule has 0 aliphatic heterocycles. The monoisotopic (exact) mass is 440 g/mol. The maximum Gasteiger partial charge on any atom is 0.331 e. The third-order valence-corrected chi connectivity index (χ3v) is 4.66. The fraction of sp³-hybridized carbons (Fsp3) is 0.417. The third-order valence-electron chi connectivity index (χ3n) is 4.66. The molecule has 172 valence electrons. The zero-order valence-corrected chi connectivity index (χ0v) is 19.8. The van der Waals surface area contributed by atoms with Crippen LogP contribution in [0, 0.1) is 20.8 Å². The van der Waals surface area contributed by atoms with E-state index in [2.05, 4.69) is 40.0 Å². The first-order valence-electron chi connectivity index (χ1n) is 10.5. The van der Waals surface area contributed by atoms with Crippen molar-refractivity contribution in [1.29, 1.82) is 0 Å². The summed E-state index contributed by atoms with van der Waals surface area (Å²) in [6.07, 6.45) is 1.76.